The molecule has 1 aromatic carbocycles. The van der Waals surface area contributed by atoms with Gasteiger partial charge in [-0.3, -0.25) is 4.79 Å². The molecule has 1 fully saturated rings. The average molecular weight is 278 g/mol. The SMILES string of the molecule is CC1CCC(OCC(=O)Cc2ccccc2F)CC1C. The van der Waals surface area contributed by atoms with Gasteiger partial charge in [-0.2, -0.15) is 0 Å². The van der Waals surface area contributed by atoms with Crippen LogP contribution in [-0.4, -0.2) is 18.5 Å². The molecule has 0 heterocycles. The molecule has 1 aliphatic carbocycles. The van der Waals surface area contributed by atoms with Gasteiger partial charge in [0, 0.05) is 6.42 Å². The Morgan fingerprint density at radius 3 is 2.70 bits per heavy atom. The van der Waals surface area contributed by atoms with Crippen LogP contribution in [0.15, 0.2) is 24.3 Å². The molecule has 110 valence electrons. The molecule has 0 amide bonds. The molecule has 3 atom stereocenters. The van der Waals surface area contributed by atoms with Crippen molar-refractivity contribution in [3.8, 4) is 0 Å². The minimum Gasteiger partial charge on any atom is -0.370 e. The average Bonchev–Trinajstić information content (AvgIpc) is 2.43. The molecular weight excluding hydrogens is 255 g/mol. The van der Waals surface area contributed by atoms with Crippen molar-refractivity contribution >= 4 is 5.78 Å². The third-order valence-corrected chi connectivity index (χ3v) is 4.38. The van der Waals surface area contributed by atoms with Crippen LogP contribution < -0.4 is 0 Å². The number of carbonyl (C=O) groups is 1. The Hall–Kier alpha value is -1.22. The predicted molar refractivity (Wildman–Crippen MR) is 77.0 cm³/mol. The Morgan fingerprint density at radius 2 is 2.00 bits per heavy atom. The summed E-state index contributed by atoms with van der Waals surface area (Å²) in [5.74, 6) is 1.02. The smallest absolute Gasteiger partial charge is 0.162 e. The van der Waals surface area contributed by atoms with Gasteiger partial charge < -0.3 is 4.74 Å². The summed E-state index contributed by atoms with van der Waals surface area (Å²) in [6, 6.07) is 6.41. The molecule has 1 aliphatic rings. The maximum Gasteiger partial charge on any atom is 0.162 e. The van der Waals surface area contributed by atoms with Crippen LogP contribution in [0.5, 0.6) is 0 Å². The van der Waals surface area contributed by atoms with E-state index in [-0.39, 0.29) is 30.7 Å². The molecule has 0 aliphatic heterocycles. The van der Waals surface area contributed by atoms with Gasteiger partial charge in [0.25, 0.3) is 0 Å². The van der Waals surface area contributed by atoms with Gasteiger partial charge in [0.1, 0.15) is 12.4 Å². The van der Waals surface area contributed by atoms with Gasteiger partial charge in [0.2, 0.25) is 0 Å². The zero-order valence-corrected chi connectivity index (χ0v) is 12.3. The molecular formula is C17H23FO2. The largest absolute Gasteiger partial charge is 0.370 e. The molecule has 0 aromatic heterocycles. The van der Waals surface area contributed by atoms with Crippen LogP contribution in [0.2, 0.25) is 0 Å². The highest BCUT2D eigenvalue weighted by atomic mass is 19.1. The van der Waals surface area contributed by atoms with Crippen LogP contribution in [0.3, 0.4) is 0 Å². The van der Waals surface area contributed by atoms with Gasteiger partial charge in [-0.05, 0) is 42.7 Å². The molecule has 0 radical (unpaired) electrons. The van der Waals surface area contributed by atoms with Gasteiger partial charge >= 0.3 is 0 Å². The summed E-state index contributed by atoms with van der Waals surface area (Å²) >= 11 is 0. The molecule has 0 bridgehead atoms. The minimum absolute atomic E-state index is 0.0543. The first-order chi connectivity index (χ1) is 9.56. The quantitative estimate of drug-likeness (QED) is 0.819. The lowest BCUT2D eigenvalue weighted by atomic mass is 9.80. The fraction of sp³-hybridized carbons (Fsp3) is 0.588. The highest BCUT2D eigenvalue weighted by Gasteiger charge is 2.25. The molecule has 0 spiro atoms. The van der Waals surface area contributed by atoms with Crippen LogP contribution in [0, 0.1) is 17.7 Å². The number of carbonyl (C=O) groups excluding carboxylic acids is 1. The molecule has 2 nitrogen and oxygen atoms in total. The number of hydrogen-bond acceptors (Lipinski definition) is 2. The molecule has 3 unspecified atom stereocenters. The summed E-state index contributed by atoms with van der Waals surface area (Å²) < 4.78 is 19.1. The van der Waals surface area contributed by atoms with E-state index in [9.17, 15) is 9.18 Å². The van der Waals surface area contributed by atoms with Crippen LogP contribution in [0.4, 0.5) is 4.39 Å². The van der Waals surface area contributed by atoms with Crippen molar-refractivity contribution in [3.63, 3.8) is 0 Å². The van der Waals surface area contributed by atoms with Crippen LogP contribution in [0.1, 0.15) is 38.7 Å². The number of benzene rings is 1. The third kappa shape index (κ3) is 4.14. The van der Waals surface area contributed by atoms with Crippen molar-refractivity contribution in [2.45, 2.75) is 45.6 Å². The number of ketones is 1. The summed E-state index contributed by atoms with van der Waals surface area (Å²) in [7, 11) is 0. The Bertz CT molecular complexity index is 458. The zero-order chi connectivity index (χ0) is 14.5. The minimum atomic E-state index is -0.319. The Labute approximate surface area is 120 Å². The van der Waals surface area contributed by atoms with E-state index in [2.05, 4.69) is 13.8 Å². The number of halogens is 1. The van der Waals surface area contributed by atoms with E-state index in [1.807, 2.05) is 0 Å². The fourth-order valence-electron chi connectivity index (χ4n) is 2.77. The second kappa shape index (κ2) is 6.98. The molecule has 1 aromatic rings. The topological polar surface area (TPSA) is 26.3 Å². The van der Waals surface area contributed by atoms with Crippen molar-refractivity contribution in [2.75, 3.05) is 6.61 Å². The van der Waals surface area contributed by atoms with Gasteiger partial charge in [-0.25, -0.2) is 4.39 Å². The monoisotopic (exact) mass is 278 g/mol. The second-order valence-electron chi connectivity index (χ2n) is 6.01. The van der Waals surface area contributed by atoms with Crippen LogP contribution in [-0.2, 0) is 16.0 Å². The van der Waals surface area contributed by atoms with E-state index in [4.69, 9.17) is 4.74 Å². The van der Waals surface area contributed by atoms with Crippen molar-refractivity contribution in [2.24, 2.45) is 11.8 Å². The fourth-order valence-corrected chi connectivity index (χ4v) is 2.77. The maximum absolute atomic E-state index is 13.4. The van der Waals surface area contributed by atoms with Gasteiger partial charge in [-0.1, -0.05) is 32.0 Å². The summed E-state index contributed by atoms with van der Waals surface area (Å²) in [5, 5.41) is 0. The van der Waals surface area contributed by atoms with E-state index in [0.717, 1.165) is 25.2 Å². The lowest BCUT2D eigenvalue weighted by molar-refractivity contribution is -0.126. The maximum atomic E-state index is 13.4. The molecule has 20 heavy (non-hydrogen) atoms. The van der Waals surface area contributed by atoms with Crippen molar-refractivity contribution in [1.82, 2.24) is 0 Å². The second-order valence-corrected chi connectivity index (χ2v) is 6.01. The summed E-state index contributed by atoms with van der Waals surface area (Å²) in [5.41, 5.74) is 0.451. The number of rotatable bonds is 5. The van der Waals surface area contributed by atoms with Gasteiger partial charge in [0.15, 0.2) is 5.78 Å². The van der Waals surface area contributed by atoms with Crippen LogP contribution in [0.25, 0.3) is 0 Å². The van der Waals surface area contributed by atoms with Crippen LogP contribution >= 0.6 is 0 Å². The predicted octanol–water partition coefficient (Wildman–Crippen LogP) is 3.78. The lowest BCUT2D eigenvalue weighted by Crippen LogP contribution is -2.28. The zero-order valence-electron chi connectivity index (χ0n) is 12.3. The van der Waals surface area contributed by atoms with Crippen molar-refractivity contribution in [1.29, 1.82) is 0 Å². The first kappa shape index (κ1) is 15.2. The summed E-state index contributed by atoms with van der Waals surface area (Å²) in [4.78, 5) is 11.9. The Balaban J connectivity index is 1.77. The Kier molecular flexibility index (Phi) is 5.30. The molecule has 2 rings (SSSR count). The normalized spacial score (nSPS) is 26.4. The highest BCUT2D eigenvalue weighted by Crippen LogP contribution is 2.30. The molecule has 0 saturated heterocycles. The molecule has 3 heteroatoms. The first-order valence-electron chi connectivity index (χ1n) is 7.43. The highest BCUT2D eigenvalue weighted by molar-refractivity contribution is 5.82. The number of Topliss-reactive ketones (excluding diaryl/α,β-unsaturated/α-hetero) is 1. The van der Waals surface area contributed by atoms with Crippen molar-refractivity contribution in [3.05, 3.63) is 35.6 Å². The van der Waals surface area contributed by atoms with E-state index in [0.29, 0.717) is 11.5 Å². The first-order valence-corrected chi connectivity index (χ1v) is 7.43. The van der Waals surface area contributed by atoms with Gasteiger partial charge in [-0.15, -0.1) is 0 Å². The molecule has 1 saturated carbocycles. The molecule has 0 N–H and O–H groups in total. The standard InChI is InChI=1S/C17H23FO2/c1-12-7-8-16(9-13(12)2)20-11-15(19)10-14-5-3-4-6-17(14)18/h3-6,12-13,16H,7-11H2,1-2H3. The van der Waals surface area contributed by atoms with E-state index in [1.54, 1.807) is 18.2 Å². The third-order valence-electron chi connectivity index (χ3n) is 4.38. The van der Waals surface area contributed by atoms with E-state index < -0.39 is 0 Å². The van der Waals surface area contributed by atoms with E-state index >= 15 is 0 Å². The summed E-state index contributed by atoms with van der Waals surface area (Å²) in [6.45, 7) is 4.60. The lowest BCUT2D eigenvalue weighted by Gasteiger charge is -2.31. The number of hydrogen-bond donors (Lipinski definition) is 0. The van der Waals surface area contributed by atoms with Crippen molar-refractivity contribution < 1.29 is 13.9 Å². The summed E-state index contributed by atoms with van der Waals surface area (Å²) in [6.07, 6.45) is 3.51. The number of ether oxygens (including phenoxy) is 1. The van der Waals surface area contributed by atoms with Gasteiger partial charge in [0.05, 0.1) is 6.10 Å². The Morgan fingerprint density at radius 1 is 1.25 bits per heavy atom. The van der Waals surface area contributed by atoms with E-state index in [1.165, 1.54) is 6.07 Å².